The first-order valence-corrected chi connectivity index (χ1v) is 13.6. The highest BCUT2D eigenvalue weighted by molar-refractivity contribution is 7.80. The number of ether oxygens (including phenoxy) is 2. The van der Waals surface area contributed by atoms with E-state index in [-0.39, 0.29) is 6.04 Å². The summed E-state index contributed by atoms with van der Waals surface area (Å²) in [6.07, 6.45) is 13.5. The molecular weight excluding hydrogens is 446 g/mol. The summed E-state index contributed by atoms with van der Waals surface area (Å²) >= 11 is 0. The molecule has 9 nitrogen and oxygen atoms in total. The number of nitrogens with zero attached hydrogens (tertiary/aromatic N) is 2. The van der Waals surface area contributed by atoms with Gasteiger partial charge in [-0.2, -0.15) is 8.42 Å². The Morgan fingerprint density at radius 3 is 2.45 bits per heavy atom. The highest BCUT2D eigenvalue weighted by atomic mass is 32.3. The maximum atomic E-state index is 12.0. The molecule has 2 fully saturated rings. The van der Waals surface area contributed by atoms with Crippen molar-refractivity contribution in [3.63, 3.8) is 0 Å². The molecule has 2 saturated heterocycles. The van der Waals surface area contributed by atoms with Crippen LogP contribution in [0, 0.1) is 0 Å². The van der Waals surface area contributed by atoms with E-state index >= 15 is 0 Å². The normalized spacial score (nSPS) is 35.8. The number of amidine groups is 1. The minimum atomic E-state index is -4.80. The van der Waals surface area contributed by atoms with Crippen LogP contribution in [-0.4, -0.2) is 66.9 Å². The number of hydroxylamine groups is 2. The van der Waals surface area contributed by atoms with Crippen molar-refractivity contribution < 1.29 is 26.7 Å². The summed E-state index contributed by atoms with van der Waals surface area (Å²) in [5, 5.41) is 4.77. The first-order chi connectivity index (χ1) is 15.8. The van der Waals surface area contributed by atoms with Crippen molar-refractivity contribution in [1.82, 2.24) is 10.4 Å². The molecule has 33 heavy (non-hydrogen) atoms. The lowest BCUT2D eigenvalue weighted by molar-refractivity contribution is -0.163. The monoisotopic (exact) mass is 483 g/mol. The molecule has 0 aromatic carbocycles. The predicted molar refractivity (Wildman–Crippen MR) is 125 cm³/mol. The minimum absolute atomic E-state index is 0.00428. The molecule has 2 N–H and O–H groups in total. The Kier molecular flexibility index (Phi) is 7.62. The maximum absolute atomic E-state index is 12.0. The second kappa shape index (κ2) is 10.1. The van der Waals surface area contributed by atoms with Crippen molar-refractivity contribution in [3.05, 3.63) is 23.9 Å². The highest BCUT2D eigenvalue weighted by Crippen LogP contribution is 2.42. The Morgan fingerprint density at radius 1 is 1.15 bits per heavy atom. The highest BCUT2D eigenvalue weighted by Gasteiger charge is 2.52. The number of aliphatic imine (C=N–C) groups is 1. The summed E-state index contributed by atoms with van der Waals surface area (Å²) in [5.41, 5.74) is -0.628. The fourth-order valence-electron chi connectivity index (χ4n) is 5.51. The lowest BCUT2D eigenvalue weighted by atomic mass is 9.80. The van der Waals surface area contributed by atoms with Crippen LogP contribution < -0.4 is 5.32 Å². The summed E-state index contributed by atoms with van der Waals surface area (Å²) in [6, 6.07) is -0.579. The van der Waals surface area contributed by atoms with Gasteiger partial charge in [-0.05, 0) is 63.9 Å². The Morgan fingerprint density at radius 2 is 1.91 bits per heavy atom. The van der Waals surface area contributed by atoms with Gasteiger partial charge in [0.05, 0.1) is 17.3 Å². The topological polar surface area (TPSA) is 110 Å². The van der Waals surface area contributed by atoms with E-state index in [1.54, 1.807) is 0 Å². The van der Waals surface area contributed by atoms with E-state index in [4.69, 9.17) is 18.7 Å². The number of rotatable bonds is 7. The third kappa shape index (κ3) is 5.21. The van der Waals surface area contributed by atoms with Crippen molar-refractivity contribution in [3.8, 4) is 0 Å². The van der Waals surface area contributed by atoms with Crippen LogP contribution in [0.15, 0.2) is 28.9 Å². The Labute approximate surface area is 197 Å². The molecule has 4 aliphatic rings. The van der Waals surface area contributed by atoms with Crippen molar-refractivity contribution in [2.24, 2.45) is 4.99 Å². The fourth-order valence-corrected chi connectivity index (χ4v) is 5.88. The van der Waals surface area contributed by atoms with E-state index < -0.39 is 27.6 Å². The molecule has 4 atom stereocenters. The Bertz CT molecular complexity index is 888. The molecule has 186 valence electrons. The molecule has 0 spiro atoms. The predicted octanol–water partition coefficient (Wildman–Crippen LogP) is 3.30. The van der Waals surface area contributed by atoms with Gasteiger partial charge < -0.3 is 14.8 Å². The van der Waals surface area contributed by atoms with Gasteiger partial charge in [-0.3, -0.25) is 4.55 Å². The van der Waals surface area contributed by atoms with Gasteiger partial charge in [-0.1, -0.05) is 26.0 Å². The summed E-state index contributed by atoms with van der Waals surface area (Å²) in [6.45, 7) is 5.97. The van der Waals surface area contributed by atoms with E-state index in [0.717, 1.165) is 50.8 Å². The average molecular weight is 484 g/mol. The SMILES string of the molecule is CCC1(C2=NC(C3CC=CCN3)=CC(C3(CC)CCCCO3)N2OS(=O)(=O)O)CCCCO1. The van der Waals surface area contributed by atoms with Gasteiger partial charge >= 0.3 is 10.4 Å². The molecule has 0 bridgehead atoms. The fraction of sp³-hybridized carbons (Fsp3) is 0.783. The van der Waals surface area contributed by atoms with E-state index in [0.29, 0.717) is 38.3 Å². The molecule has 4 aliphatic heterocycles. The molecule has 4 heterocycles. The molecule has 0 saturated carbocycles. The third-order valence-corrected chi connectivity index (χ3v) is 7.78. The van der Waals surface area contributed by atoms with E-state index in [2.05, 4.69) is 17.5 Å². The van der Waals surface area contributed by atoms with Gasteiger partial charge in [-0.15, -0.1) is 4.28 Å². The second-order valence-electron chi connectivity index (χ2n) is 9.35. The Balaban J connectivity index is 1.85. The zero-order chi connectivity index (χ0) is 23.5. The summed E-state index contributed by atoms with van der Waals surface area (Å²) < 4.78 is 51.8. The molecule has 4 unspecified atom stereocenters. The Hall–Kier alpha value is -1.30. The summed E-state index contributed by atoms with van der Waals surface area (Å²) in [5.74, 6) is 0.406. The van der Waals surface area contributed by atoms with Crippen molar-refractivity contribution in [1.29, 1.82) is 0 Å². The molecule has 0 aliphatic carbocycles. The molecule has 0 aromatic heterocycles. The smallest absolute Gasteiger partial charge is 0.372 e. The van der Waals surface area contributed by atoms with E-state index in [9.17, 15) is 13.0 Å². The second-order valence-corrected chi connectivity index (χ2v) is 10.3. The van der Waals surface area contributed by atoms with Crippen LogP contribution in [0.2, 0.25) is 0 Å². The van der Waals surface area contributed by atoms with Gasteiger partial charge in [0.25, 0.3) is 0 Å². The van der Waals surface area contributed by atoms with Crippen LogP contribution in [0.1, 0.15) is 71.6 Å². The largest absolute Gasteiger partial charge is 0.418 e. The minimum Gasteiger partial charge on any atom is -0.372 e. The van der Waals surface area contributed by atoms with Crippen LogP contribution in [0.25, 0.3) is 0 Å². The van der Waals surface area contributed by atoms with Crippen LogP contribution >= 0.6 is 0 Å². The quantitative estimate of drug-likeness (QED) is 0.419. The molecule has 0 amide bonds. The summed E-state index contributed by atoms with van der Waals surface area (Å²) in [7, 11) is -4.80. The zero-order valence-electron chi connectivity index (χ0n) is 19.7. The van der Waals surface area contributed by atoms with Gasteiger partial charge in [0.2, 0.25) is 0 Å². The molecular formula is C23H37N3O6S. The number of hydrogen-bond acceptors (Lipinski definition) is 8. The van der Waals surface area contributed by atoms with E-state index in [1.807, 2.05) is 19.9 Å². The number of nitrogens with one attached hydrogen (secondary N) is 1. The van der Waals surface area contributed by atoms with Gasteiger partial charge in [0, 0.05) is 19.8 Å². The van der Waals surface area contributed by atoms with Crippen molar-refractivity contribution in [2.75, 3.05) is 19.8 Å². The molecule has 4 rings (SSSR count). The first-order valence-electron chi connectivity index (χ1n) is 12.3. The van der Waals surface area contributed by atoms with Crippen LogP contribution in [0.5, 0.6) is 0 Å². The summed E-state index contributed by atoms with van der Waals surface area (Å²) in [4.78, 5) is 4.97. The van der Waals surface area contributed by atoms with E-state index in [1.165, 1.54) is 5.06 Å². The average Bonchev–Trinajstić information content (AvgIpc) is 2.84. The van der Waals surface area contributed by atoms with Gasteiger partial charge in [-0.25, -0.2) is 10.1 Å². The van der Waals surface area contributed by atoms with Crippen LogP contribution in [0.4, 0.5) is 0 Å². The number of hydrogen-bond donors (Lipinski definition) is 2. The molecule has 0 aromatic rings. The van der Waals surface area contributed by atoms with Crippen molar-refractivity contribution in [2.45, 2.75) is 94.9 Å². The van der Waals surface area contributed by atoms with Crippen LogP contribution in [0.3, 0.4) is 0 Å². The van der Waals surface area contributed by atoms with Crippen molar-refractivity contribution >= 4 is 16.2 Å². The molecule has 0 radical (unpaired) electrons. The maximum Gasteiger partial charge on any atom is 0.418 e. The van der Waals surface area contributed by atoms with Gasteiger partial charge in [0.1, 0.15) is 11.6 Å². The van der Waals surface area contributed by atoms with Gasteiger partial charge in [0.15, 0.2) is 5.84 Å². The lowest BCUT2D eigenvalue weighted by Crippen LogP contribution is -2.63. The van der Waals surface area contributed by atoms with Crippen LogP contribution in [-0.2, 0) is 24.2 Å². The first kappa shape index (κ1) is 24.8. The molecule has 10 heteroatoms. The third-order valence-electron chi connectivity index (χ3n) is 7.43. The lowest BCUT2D eigenvalue weighted by Gasteiger charge is -2.50. The standard InChI is InChI=1S/C23H37N3O6S/c1-3-22(12-6-9-15-30-22)20-17-19(18-11-5-8-14-24-18)25-21(26(20)32-33(27,28)29)23(4-2)13-7-10-16-31-23/h5,8,17-18,20,24H,3-4,6-7,9-16H2,1-2H3,(H,27,28,29). The zero-order valence-corrected chi connectivity index (χ0v) is 20.5.